The van der Waals surface area contributed by atoms with Crippen molar-refractivity contribution in [2.45, 2.75) is 6.04 Å². The largest absolute Gasteiger partial charge is 0.505 e. The average molecular weight is 293 g/mol. The zero-order valence-electron chi connectivity index (χ0n) is 11.1. The van der Waals surface area contributed by atoms with Gasteiger partial charge in [-0.05, 0) is 29.8 Å². The smallest absolute Gasteiger partial charge is 0.332 e. The molecule has 0 aliphatic heterocycles. The SMILES string of the molecule is COC(=O)C(Nc1ccccc1F)c1ccc(O)c(F)c1. The predicted octanol–water partition coefficient (Wildman–Crippen LogP) is 3.00. The highest BCUT2D eigenvalue weighted by Gasteiger charge is 2.23. The molecule has 4 nitrogen and oxygen atoms in total. The van der Waals surface area contributed by atoms with Crippen LogP contribution < -0.4 is 5.32 Å². The number of hydrogen-bond acceptors (Lipinski definition) is 4. The van der Waals surface area contributed by atoms with E-state index >= 15 is 0 Å². The normalized spacial score (nSPS) is 11.8. The van der Waals surface area contributed by atoms with Gasteiger partial charge in [-0.1, -0.05) is 18.2 Å². The summed E-state index contributed by atoms with van der Waals surface area (Å²) in [6, 6.07) is 8.14. The van der Waals surface area contributed by atoms with Crippen molar-refractivity contribution in [2.75, 3.05) is 12.4 Å². The Hall–Kier alpha value is -2.63. The number of benzene rings is 2. The minimum absolute atomic E-state index is 0.0846. The third-order valence-corrected chi connectivity index (χ3v) is 2.92. The summed E-state index contributed by atoms with van der Waals surface area (Å²) >= 11 is 0. The second-order valence-electron chi connectivity index (χ2n) is 4.29. The Morgan fingerprint density at radius 3 is 2.52 bits per heavy atom. The van der Waals surface area contributed by atoms with Crippen LogP contribution >= 0.6 is 0 Å². The Labute approximate surface area is 120 Å². The Morgan fingerprint density at radius 1 is 1.19 bits per heavy atom. The van der Waals surface area contributed by atoms with E-state index < -0.39 is 29.4 Å². The number of anilines is 1. The lowest BCUT2D eigenvalue weighted by atomic mass is 10.1. The fraction of sp³-hybridized carbons (Fsp3) is 0.133. The van der Waals surface area contributed by atoms with Crippen LogP contribution in [0.4, 0.5) is 14.5 Å². The van der Waals surface area contributed by atoms with Crippen LogP contribution in [0.1, 0.15) is 11.6 Å². The molecule has 110 valence electrons. The lowest BCUT2D eigenvalue weighted by Gasteiger charge is -2.18. The summed E-state index contributed by atoms with van der Waals surface area (Å²) in [5, 5.41) is 11.8. The van der Waals surface area contributed by atoms with Crippen LogP contribution in [-0.2, 0) is 9.53 Å². The van der Waals surface area contributed by atoms with Crippen LogP contribution in [0.5, 0.6) is 5.75 Å². The third kappa shape index (κ3) is 3.28. The van der Waals surface area contributed by atoms with E-state index in [-0.39, 0.29) is 11.3 Å². The minimum atomic E-state index is -1.10. The van der Waals surface area contributed by atoms with Crippen LogP contribution in [0, 0.1) is 11.6 Å². The molecule has 1 unspecified atom stereocenters. The summed E-state index contributed by atoms with van der Waals surface area (Å²) in [6.07, 6.45) is 0. The number of ether oxygens (including phenoxy) is 1. The van der Waals surface area contributed by atoms with Gasteiger partial charge < -0.3 is 15.2 Å². The zero-order chi connectivity index (χ0) is 15.4. The summed E-state index contributed by atoms with van der Waals surface area (Å²) in [5.41, 5.74) is 0.293. The molecule has 0 aromatic heterocycles. The Kier molecular flexibility index (Phi) is 4.37. The zero-order valence-corrected chi connectivity index (χ0v) is 11.1. The number of nitrogens with one attached hydrogen (secondary N) is 1. The first-order valence-corrected chi connectivity index (χ1v) is 6.10. The first kappa shape index (κ1) is 14.8. The molecule has 6 heteroatoms. The predicted molar refractivity (Wildman–Crippen MR) is 72.8 cm³/mol. The van der Waals surface area contributed by atoms with Gasteiger partial charge in [0.15, 0.2) is 17.6 Å². The Balaban J connectivity index is 2.37. The van der Waals surface area contributed by atoms with Crippen molar-refractivity contribution in [1.29, 1.82) is 0 Å². The number of phenolic OH excluding ortho intramolecular Hbond substituents is 1. The first-order chi connectivity index (χ1) is 10.0. The van der Waals surface area contributed by atoms with Gasteiger partial charge in [0.1, 0.15) is 5.82 Å². The number of esters is 1. The fourth-order valence-electron chi connectivity index (χ4n) is 1.83. The van der Waals surface area contributed by atoms with Gasteiger partial charge in [0.25, 0.3) is 0 Å². The summed E-state index contributed by atoms with van der Waals surface area (Å²) in [6.45, 7) is 0. The van der Waals surface area contributed by atoms with Crippen molar-refractivity contribution in [3.63, 3.8) is 0 Å². The molecule has 2 aromatic rings. The van der Waals surface area contributed by atoms with Gasteiger partial charge in [-0.2, -0.15) is 0 Å². The molecule has 0 bridgehead atoms. The summed E-state index contributed by atoms with van der Waals surface area (Å²) in [5.74, 6) is -2.67. The Morgan fingerprint density at radius 2 is 1.90 bits per heavy atom. The molecule has 2 aromatic carbocycles. The molecule has 0 saturated carbocycles. The van der Waals surface area contributed by atoms with Gasteiger partial charge >= 0.3 is 5.97 Å². The van der Waals surface area contributed by atoms with Gasteiger partial charge in [0.05, 0.1) is 12.8 Å². The molecule has 0 saturated heterocycles. The highest BCUT2D eigenvalue weighted by molar-refractivity contribution is 5.81. The number of para-hydroxylation sites is 1. The lowest BCUT2D eigenvalue weighted by molar-refractivity contribution is -0.141. The van der Waals surface area contributed by atoms with Crippen molar-refractivity contribution in [3.8, 4) is 5.75 Å². The molecular weight excluding hydrogens is 280 g/mol. The van der Waals surface area contributed by atoms with Crippen molar-refractivity contribution >= 4 is 11.7 Å². The second kappa shape index (κ2) is 6.21. The van der Waals surface area contributed by atoms with E-state index in [0.717, 1.165) is 12.1 Å². The van der Waals surface area contributed by atoms with Crippen molar-refractivity contribution < 1.29 is 23.4 Å². The molecule has 0 fully saturated rings. The monoisotopic (exact) mass is 293 g/mol. The van der Waals surface area contributed by atoms with E-state index in [4.69, 9.17) is 0 Å². The number of carbonyl (C=O) groups is 1. The molecule has 0 spiro atoms. The highest BCUT2D eigenvalue weighted by Crippen LogP contribution is 2.26. The van der Waals surface area contributed by atoms with Crippen LogP contribution in [-0.4, -0.2) is 18.2 Å². The first-order valence-electron chi connectivity index (χ1n) is 6.10. The standard InChI is InChI=1S/C15H13F2NO3/c1-21-15(20)14(9-6-7-13(19)11(17)8-9)18-12-5-3-2-4-10(12)16/h2-8,14,18-19H,1H3. The van der Waals surface area contributed by atoms with Gasteiger partial charge in [0, 0.05) is 0 Å². The molecular formula is C15H13F2NO3. The summed E-state index contributed by atoms with van der Waals surface area (Å²) in [7, 11) is 1.18. The molecule has 0 aliphatic rings. The molecule has 1 atom stereocenters. The van der Waals surface area contributed by atoms with Crippen LogP contribution in [0.3, 0.4) is 0 Å². The van der Waals surface area contributed by atoms with E-state index in [2.05, 4.69) is 10.1 Å². The van der Waals surface area contributed by atoms with E-state index in [0.29, 0.717) is 0 Å². The van der Waals surface area contributed by atoms with E-state index in [1.807, 2.05) is 0 Å². The molecule has 0 aliphatic carbocycles. The number of hydrogen-bond donors (Lipinski definition) is 2. The summed E-state index contributed by atoms with van der Waals surface area (Å²) in [4.78, 5) is 11.8. The molecule has 0 radical (unpaired) electrons. The molecule has 21 heavy (non-hydrogen) atoms. The number of rotatable bonds is 4. The van der Waals surface area contributed by atoms with E-state index in [1.165, 1.54) is 31.4 Å². The van der Waals surface area contributed by atoms with Crippen molar-refractivity contribution in [3.05, 3.63) is 59.7 Å². The number of halogens is 2. The Bertz CT molecular complexity index is 661. The maximum absolute atomic E-state index is 13.6. The maximum Gasteiger partial charge on any atom is 0.332 e. The fourth-order valence-corrected chi connectivity index (χ4v) is 1.83. The highest BCUT2D eigenvalue weighted by atomic mass is 19.1. The van der Waals surface area contributed by atoms with Crippen LogP contribution in [0.15, 0.2) is 42.5 Å². The number of methoxy groups -OCH3 is 1. The summed E-state index contributed by atoms with van der Waals surface area (Å²) < 4.78 is 31.7. The van der Waals surface area contributed by atoms with E-state index in [1.54, 1.807) is 6.07 Å². The molecule has 0 heterocycles. The quantitative estimate of drug-likeness (QED) is 0.851. The van der Waals surface area contributed by atoms with Gasteiger partial charge in [0.2, 0.25) is 0 Å². The molecule has 2 N–H and O–H groups in total. The van der Waals surface area contributed by atoms with Gasteiger partial charge in [-0.15, -0.1) is 0 Å². The van der Waals surface area contributed by atoms with Crippen molar-refractivity contribution in [2.24, 2.45) is 0 Å². The van der Waals surface area contributed by atoms with Crippen LogP contribution in [0.2, 0.25) is 0 Å². The maximum atomic E-state index is 13.6. The van der Waals surface area contributed by atoms with Gasteiger partial charge in [-0.25, -0.2) is 13.6 Å². The number of phenols is 1. The van der Waals surface area contributed by atoms with Gasteiger partial charge in [-0.3, -0.25) is 0 Å². The van der Waals surface area contributed by atoms with E-state index in [9.17, 15) is 18.7 Å². The lowest BCUT2D eigenvalue weighted by Crippen LogP contribution is -2.23. The number of aromatic hydroxyl groups is 1. The topological polar surface area (TPSA) is 58.6 Å². The third-order valence-electron chi connectivity index (χ3n) is 2.92. The molecule has 0 amide bonds. The average Bonchev–Trinajstić information content (AvgIpc) is 2.48. The van der Waals surface area contributed by atoms with Crippen molar-refractivity contribution in [1.82, 2.24) is 0 Å². The molecule has 2 rings (SSSR count). The second-order valence-corrected chi connectivity index (χ2v) is 4.29. The minimum Gasteiger partial charge on any atom is -0.505 e. The van der Waals surface area contributed by atoms with Crippen LogP contribution in [0.25, 0.3) is 0 Å². The number of carbonyl (C=O) groups excluding carboxylic acids is 1.